The van der Waals surface area contributed by atoms with E-state index in [2.05, 4.69) is 4.90 Å². The van der Waals surface area contributed by atoms with Crippen molar-refractivity contribution >= 4 is 22.6 Å². The molecule has 2 aliphatic heterocycles. The summed E-state index contributed by atoms with van der Waals surface area (Å²) >= 11 is 0. The molecule has 0 spiro atoms. The van der Waals surface area contributed by atoms with Gasteiger partial charge in [-0.3, -0.25) is 9.69 Å². The van der Waals surface area contributed by atoms with E-state index in [0.29, 0.717) is 37.7 Å². The van der Waals surface area contributed by atoms with Gasteiger partial charge in [-0.15, -0.1) is 0 Å². The number of piperidine rings is 2. The molecule has 4 rings (SSSR count). The van der Waals surface area contributed by atoms with Crippen molar-refractivity contribution in [2.24, 2.45) is 0 Å². The summed E-state index contributed by atoms with van der Waals surface area (Å²) < 4.78 is 6.12. The average molecular weight is 396 g/mol. The molecule has 1 N–H and O–H groups in total. The molecule has 1 amide bonds. The Bertz CT molecular complexity index is 897. The molecule has 154 valence electrons. The van der Waals surface area contributed by atoms with Crippen molar-refractivity contribution < 1.29 is 19.4 Å². The highest BCUT2D eigenvalue weighted by atomic mass is 16.5. The van der Waals surface area contributed by atoms with Crippen LogP contribution in [0, 0.1) is 0 Å². The van der Waals surface area contributed by atoms with Gasteiger partial charge < -0.3 is 14.7 Å². The highest BCUT2D eigenvalue weighted by molar-refractivity contribution is 5.84. The second-order valence-electron chi connectivity index (χ2n) is 8.18. The maximum atomic E-state index is 12.2. The first-order valence-electron chi connectivity index (χ1n) is 10.4. The predicted octanol–water partition coefficient (Wildman–Crippen LogP) is 3.15. The minimum absolute atomic E-state index is 0.135. The Balaban J connectivity index is 1.42. The van der Waals surface area contributed by atoms with E-state index in [1.165, 1.54) is 0 Å². The molecule has 0 unspecified atom stereocenters. The van der Waals surface area contributed by atoms with Gasteiger partial charge in [-0.05, 0) is 35.7 Å². The van der Waals surface area contributed by atoms with Crippen LogP contribution in [0.4, 0.5) is 0 Å². The molecular formula is C23H28N2O4. The van der Waals surface area contributed by atoms with Gasteiger partial charge in [0.25, 0.3) is 0 Å². The van der Waals surface area contributed by atoms with E-state index in [-0.39, 0.29) is 5.91 Å². The molecule has 0 aromatic heterocycles. The molecule has 0 bridgehead atoms. The summed E-state index contributed by atoms with van der Waals surface area (Å²) in [7, 11) is 0. The first-order chi connectivity index (χ1) is 14.0. The van der Waals surface area contributed by atoms with Crippen LogP contribution in [0.15, 0.2) is 42.5 Å². The number of carbonyl (C=O) groups excluding carboxylic acids is 1. The second-order valence-corrected chi connectivity index (χ2v) is 8.18. The highest BCUT2D eigenvalue weighted by Gasteiger charge is 2.45. The number of carboxylic acid groups (broad SMARTS) is 1. The summed E-state index contributed by atoms with van der Waals surface area (Å²) in [6.07, 6.45) is 2.82. The zero-order valence-corrected chi connectivity index (χ0v) is 16.8. The van der Waals surface area contributed by atoms with Crippen LogP contribution in [0.5, 0.6) is 5.75 Å². The standard InChI is InChI=1S/C23H28N2O4/c1-17(26)24-12-8-20(9-13-24)25-14-10-23(11-15-25,22(27)28)29-21-7-6-18-4-2-3-5-19(18)16-21/h2-7,16,20H,8-15H2,1H3,(H,27,28). The van der Waals surface area contributed by atoms with Crippen LogP contribution in [0.25, 0.3) is 10.8 Å². The zero-order valence-electron chi connectivity index (χ0n) is 16.8. The summed E-state index contributed by atoms with van der Waals surface area (Å²) in [5.41, 5.74) is -1.18. The van der Waals surface area contributed by atoms with Crippen molar-refractivity contribution in [3.63, 3.8) is 0 Å². The fraction of sp³-hybridized carbons (Fsp3) is 0.478. The maximum absolute atomic E-state index is 12.2. The minimum atomic E-state index is -1.18. The number of benzene rings is 2. The van der Waals surface area contributed by atoms with E-state index in [0.717, 1.165) is 36.7 Å². The van der Waals surface area contributed by atoms with Gasteiger partial charge in [0.2, 0.25) is 11.5 Å². The zero-order chi connectivity index (χ0) is 20.4. The molecule has 6 nitrogen and oxygen atoms in total. The first kappa shape index (κ1) is 19.7. The number of hydrogen-bond donors (Lipinski definition) is 1. The first-order valence-corrected chi connectivity index (χ1v) is 10.4. The number of aliphatic carboxylic acids is 1. The lowest BCUT2D eigenvalue weighted by molar-refractivity contribution is -0.160. The molecule has 6 heteroatoms. The van der Waals surface area contributed by atoms with Gasteiger partial charge in [0.15, 0.2) is 0 Å². The summed E-state index contributed by atoms with van der Waals surface area (Å²) in [4.78, 5) is 28.0. The highest BCUT2D eigenvalue weighted by Crippen LogP contribution is 2.33. The van der Waals surface area contributed by atoms with Crippen LogP contribution in [0.3, 0.4) is 0 Å². The van der Waals surface area contributed by atoms with Gasteiger partial charge >= 0.3 is 5.97 Å². The van der Waals surface area contributed by atoms with E-state index in [1.807, 2.05) is 47.4 Å². The maximum Gasteiger partial charge on any atom is 0.348 e. The molecule has 2 fully saturated rings. The molecule has 2 aromatic carbocycles. The molecule has 2 aliphatic rings. The van der Waals surface area contributed by atoms with Gasteiger partial charge in [-0.1, -0.05) is 30.3 Å². The van der Waals surface area contributed by atoms with Crippen molar-refractivity contribution in [3.05, 3.63) is 42.5 Å². The van der Waals surface area contributed by atoms with Gasteiger partial charge in [0.1, 0.15) is 5.75 Å². The number of amides is 1. The normalized spacial score (nSPS) is 20.5. The smallest absolute Gasteiger partial charge is 0.348 e. The predicted molar refractivity (Wildman–Crippen MR) is 111 cm³/mol. The summed E-state index contributed by atoms with van der Waals surface area (Å²) in [5, 5.41) is 12.1. The second kappa shape index (κ2) is 8.03. The Morgan fingerprint density at radius 1 is 1.00 bits per heavy atom. The third-order valence-electron chi connectivity index (χ3n) is 6.46. The van der Waals surface area contributed by atoms with Gasteiger partial charge in [-0.25, -0.2) is 4.79 Å². The number of hydrogen-bond acceptors (Lipinski definition) is 4. The van der Waals surface area contributed by atoms with E-state index in [9.17, 15) is 14.7 Å². The number of nitrogens with zero attached hydrogens (tertiary/aromatic N) is 2. The molecule has 0 saturated carbocycles. The summed E-state index contributed by atoms with van der Waals surface area (Å²) in [5.74, 6) is -0.151. The Kier molecular flexibility index (Phi) is 5.46. The molecule has 0 atom stereocenters. The number of fused-ring (bicyclic) bond motifs is 1. The van der Waals surface area contributed by atoms with E-state index >= 15 is 0 Å². The van der Waals surface area contributed by atoms with Crippen LogP contribution in [0.1, 0.15) is 32.6 Å². The van der Waals surface area contributed by atoms with Crippen molar-refractivity contribution in [1.82, 2.24) is 9.80 Å². The van der Waals surface area contributed by atoms with Crippen LogP contribution in [0.2, 0.25) is 0 Å². The van der Waals surface area contributed by atoms with Crippen molar-refractivity contribution in [2.45, 2.75) is 44.2 Å². The van der Waals surface area contributed by atoms with Gasteiger partial charge in [0.05, 0.1) is 0 Å². The van der Waals surface area contributed by atoms with Crippen LogP contribution >= 0.6 is 0 Å². The Morgan fingerprint density at radius 2 is 1.66 bits per heavy atom. The van der Waals surface area contributed by atoms with Crippen molar-refractivity contribution in [3.8, 4) is 5.75 Å². The number of ether oxygens (including phenoxy) is 1. The molecule has 2 heterocycles. The Hall–Kier alpha value is -2.60. The topological polar surface area (TPSA) is 70.1 Å². The Labute approximate surface area is 171 Å². The lowest BCUT2D eigenvalue weighted by Crippen LogP contribution is -2.56. The number of likely N-dealkylation sites (tertiary alicyclic amines) is 2. The summed E-state index contributed by atoms with van der Waals surface area (Å²) in [6, 6.07) is 14.2. The molecule has 29 heavy (non-hydrogen) atoms. The largest absolute Gasteiger partial charge is 0.478 e. The van der Waals surface area contributed by atoms with Gasteiger partial charge in [-0.2, -0.15) is 0 Å². The fourth-order valence-electron chi connectivity index (χ4n) is 4.61. The number of rotatable bonds is 4. The quantitative estimate of drug-likeness (QED) is 0.860. The van der Waals surface area contributed by atoms with E-state index in [4.69, 9.17) is 4.74 Å². The Morgan fingerprint density at radius 3 is 2.28 bits per heavy atom. The van der Waals surface area contributed by atoms with Crippen LogP contribution < -0.4 is 4.74 Å². The van der Waals surface area contributed by atoms with Crippen LogP contribution in [-0.4, -0.2) is 64.6 Å². The third kappa shape index (κ3) is 4.08. The average Bonchev–Trinajstić information content (AvgIpc) is 2.74. The van der Waals surface area contributed by atoms with Crippen molar-refractivity contribution in [1.29, 1.82) is 0 Å². The number of carbonyl (C=O) groups is 2. The summed E-state index contributed by atoms with van der Waals surface area (Å²) in [6.45, 7) is 4.59. The van der Waals surface area contributed by atoms with Gasteiger partial charge in [0, 0.05) is 52.0 Å². The molecule has 2 saturated heterocycles. The lowest BCUT2D eigenvalue weighted by Gasteiger charge is -2.44. The van der Waals surface area contributed by atoms with Crippen molar-refractivity contribution in [2.75, 3.05) is 26.2 Å². The van der Waals surface area contributed by atoms with Crippen LogP contribution in [-0.2, 0) is 9.59 Å². The third-order valence-corrected chi connectivity index (χ3v) is 6.46. The molecular weight excluding hydrogens is 368 g/mol. The fourth-order valence-corrected chi connectivity index (χ4v) is 4.61. The number of carboxylic acids is 1. The minimum Gasteiger partial charge on any atom is -0.478 e. The molecule has 0 aliphatic carbocycles. The molecule has 0 radical (unpaired) electrons. The van der Waals surface area contributed by atoms with E-state index in [1.54, 1.807) is 6.92 Å². The SMILES string of the molecule is CC(=O)N1CCC(N2CCC(Oc3ccc4ccccc4c3)(C(=O)O)CC2)CC1. The molecule has 2 aromatic rings. The van der Waals surface area contributed by atoms with E-state index < -0.39 is 11.6 Å². The monoisotopic (exact) mass is 396 g/mol. The lowest BCUT2D eigenvalue weighted by atomic mass is 9.89.